The maximum atomic E-state index is 2.55. The van der Waals surface area contributed by atoms with Gasteiger partial charge in [-0.05, 0) is 25.3 Å². The molecule has 1 saturated heterocycles. The fourth-order valence-corrected chi connectivity index (χ4v) is 1.48. The summed E-state index contributed by atoms with van der Waals surface area (Å²) < 4.78 is 0. The topological polar surface area (TPSA) is 3.01 Å². The highest BCUT2D eigenvalue weighted by molar-refractivity contribution is 4.99. The van der Waals surface area contributed by atoms with Gasteiger partial charge >= 0.3 is 0 Å². The SMILES string of the molecule is CCN1CC1C1CC1. The molecule has 1 heterocycles. The number of hydrogen-bond donors (Lipinski definition) is 0. The first-order valence-electron chi connectivity index (χ1n) is 3.66. The molecule has 2 atom stereocenters. The summed E-state index contributed by atoms with van der Waals surface area (Å²) in [5.41, 5.74) is 0. The largest absolute Gasteiger partial charge is 0.298 e. The molecule has 0 radical (unpaired) electrons. The first kappa shape index (κ1) is 4.80. The minimum absolute atomic E-state index is 1.03. The highest BCUT2D eigenvalue weighted by atomic mass is 15.3. The minimum atomic E-state index is 1.03. The highest BCUT2D eigenvalue weighted by Gasteiger charge is 2.44. The van der Waals surface area contributed by atoms with E-state index < -0.39 is 0 Å². The summed E-state index contributed by atoms with van der Waals surface area (Å²) in [5.74, 6) is 1.12. The van der Waals surface area contributed by atoms with Gasteiger partial charge in [0.25, 0.3) is 0 Å². The van der Waals surface area contributed by atoms with E-state index in [2.05, 4.69) is 11.8 Å². The van der Waals surface area contributed by atoms with E-state index in [9.17, 15) is 0 Å². The van der Waals surface area contributed by atoms with Gasteiger partial charge in [0.1, 0.15) is 0 Å². The summed E-state index contributed by atoms with van der Waals surface area (Å²) in [5, 5.41) is 0. The van der Waals surface area contributed by atoms with Gasteiger partial charge in [0.15, 0.2) is 0 Å². The minimum Gasteiger partial charge on any atom is -0.298 e. The van der Waals surface area contributed by atoms with Crippen molar-refractivity contribution in [3.8, 4) is 0 Å². The van der Waals surface area contributed by atoms with Crippen LogP contribution in [0.5, 0.6) is 0 Å². The molecule has 0 aromatic heterocycles. The zero-order chi connectivity index (χ0) is 5.56. The third kappa shape index (κ3) is 0.655. The molecule has 2 rings (SSSR count). The molecular formula is C7H13N. The molecule has 0 aromatic carbocycles. The van der Waals surface area contributed by atoms with Crippen molar-refractivity contribution in [3.05, 3.63) is 0 Å². The van der Waals surface area contributed by atoms with E-state index in [0.717, 1.165) is 12.0 Å². The zero-order valence-electron chi connectivity index (χ0n) is 5.43. The van der Waals surface area contributed by atoms with Crippen molar-refractivity contribution >= 4 is 0 Å². The van der Waals surface area contributed by atoms with E-state index in [1.54, 1.807) is 0 Å². The Balaban J connectivity index is 1.79. The van der Waals surface area contributed by atoms with Crippen LogP contribution in [-0.4, -0.2) is 24.0 Å². The molecule has 8 heavy (non-hydrogen) atoms. The van der Waals surface area contributed by atoms with Crippen molar-refractivity contribution in [2.24, 2.45) is 5.92 Å². The zero-order valence-corrected chi connectivity index (χ0v) is 5.43. The summed E-state index contributed by atoms with van der Waals surface area (Å²) >= 11 is 0. The average Bonchev–Trinajstić information content (AvgIpc) is 2.62. The predicted molar refractivity (Wildman–Crippen MR) is 33.8 cm³/mol. The first-order chi connectivity index (χ1) is 3.92. The van der Waals surface area contributed by atoms with Crippen LogP contribution in [-0.2, 0) is 0 Å². The third-order valence-electron chi connectivity index (χ3n) is 2.33. The maximum absolute atomic E-state index is 2.55. The summed E-state index contributed by atoms with van der Waals surface area (Å²) in [7, 11) is 0. The lowest BCUT2D eigenvalue weighted by Crippen LogP contribution is -2.00. The van der Waals surface area contributed by atoms with Crippen molar-refractivity contribution in [1.29, 1.82) is 0 Å². The van der Waals surface area contributed by atoms with Crippen LogP contribution in [0.3, 0.4) is 0 Å². The Morgan fingerprint density at radius 2 is 2.25 bits per heavy atom. The lowest BCUT2D eigenvalue weighted by atomic mass is 10.3. The number of nitrogens with zero attached hydrogens (tertiary/aromatic N) is 1. The Labute approximate surface area is 50.7 Å². The molecule has 0 amide bonds. The van der Waals surface area contributed by atoms with E-state index in [-0.39, 0.29) is 0 Å². The molecule has 0 spiro atoms. The van der Waals surface area contributed by atoms with Crippen LogP contribution >= 0.6 is 0 Å². The van der Waals surface area contributed by atoms with Gasteiger partial charge in [0.2, 0.25) is 0 Å². The number of likely N-dealkylation sites (N-methyl/N-ethyl adjacent to an activating group) is 1. The molecule has 2 aliphatic rings. The standard InChI is InChI=1S/C7H13N/c1-2-8-5-7(8)6-3-4-6/h6-7H,2-5H2,1H3. The average molecular weight is 111 g/mol. The van der Waals surface area contributed by atoms with Gasteiger partial charge in [-0.15, -0.1) is 0 Å². The van der Waals surface area contributed by atoms with Crippen LogP contribution in [0.2, 0.25) is 0 Å². The smallest absolute Gasteiger partial charge is 0.0252 e. The molecule has 0 N–H and O–H groups in total. The normalized spacial score (nSPS) is 44.6. The summed E-state index contributed by atoms with van der Waals surface area (Å²) in [4.78, 5) is 2.55. The predicted octanol–water partition coefficient (Wildman–Crippen LogP) is 1.10. The Morgan fingerprint density at radius 3 is 2.62 bits per heavy atom. The monoisotopic (exact) mass is 111 g/mol. The molecule has 46 valence electrons. The van der Waals surface area contributed by atoms with Crippen molar-refractivity contribution in [3.63, 3.8) is 0 Å². The van der Waals surface area contributed by atoms with Crippen molar-refractivity contribution < 1.29 is 0 Å². The van der Waals surface area contributed by atoms with Crippen LogP contribution in [0.25, 0.3) is 0 Å². The van der Waals surface area contributed by atoms with E-state index in [1.165, 1.54) is 25.9 Å². The Kier molecular flexibility index (Phi) is 0.884. The van der Waals surface area contributed by atoms with Crippen molar-refractivity contribution in [1.82, 2.24) is 4.90 Å². The van der Waals surface area contributed by atoms with Crippen molar-refractivity contribution in [2.75, 3.05) is 13.1 Å². The van der Waals surface area contributed by atoms with Gasteiger partial charge in [-0.3, -0.25) is 4.90 Å². The van der Waals surface area contributed by atoms with Gasteiger partial charge in [0.05, 0.1) is 0 Å². The van der Waals surface area contributed by atoms with Crippen LogP contribution in [0.1, 0.15) is 19.8 Å². The lowest BCUT2D eigenvalue weighted by molar-refractivity contribution is 0.508. The summed E-state index contributed by atoms with van der Waals surface area (Å²) in [6, 6.07) is 1.03. The maximum Gasteiger partial charge on any atom is 0.0252 e. The van der Waals surface area contributed by atoms with Gasteiger partial charge in [-0.2, -0.15) is 0 Å². The molecule has 1 aliphatic carbocycles. The molecule has 2 fully saturated rings. The van der Waals surface area contributed by atoms with Gasteiger partial charge in [-0.1, -0.05) is 6.92 Å². The highest BCUT2D eigenvalue weighted by Crippen LogP contribution is 2.41. The quantitative estimate of drug-likeness (QED) is 0.482. The Hall–Kier alpha value is -0.0400. The number of rotatable bonds is 2. The molecule has 2 unspecified atom stereocenters. The molecule has 1 saturated carbocycles. The second-order valence-corrected chi connectivity index (χ2v) is 2.99. The van der Waals surface area contributed by atoms with E-state index in [1.807, 2.05) is 0 Å². The summed E-state index contributed by atoms with van der Waals surface area (Å²) in [6.45, 7) is 4.94. The van der Waals surface area contributed by atoms with Gasteiger partial charge in [-0.25, -0.2) is 0 Å². The van der Waals surface area contributed by atoms with E-state index >= 15 is 0 Å². The lowest BCUT2D eigenvalue weighted by Gasteiger charge is -1.92. The van der Waals surface area contributed by atoms with Crippen LogP contribution in [0, 0.1) is 5.92 Å². The second kappa shape index (κ2) is 1.47. The fourth-order valence-electron chi connectivity index (χ4n) is 1.48. The summed E-state index contributed by atoms with van der Waals surface area (Å²) in [6.07, 6.45) is 3.03. The van der Waals surface area contributed by atoms with Crippen LogP contribution in [0.15, 0.2) is 0 Å². The van der Waals surface area contributed by atoms with Crippen LogP contribution in [0.4, 0.5) is 0 Å². The van der Waals surface area contributed by atoms with E-state index in [0.29, 0.717) is 0 Å². The number of hydrogen-bond acceptors (Lipinski definition) is 1. The Bertz CT molecular complexity index is 96.6. The van der Waals surface area contributed by atoms with Crippen LogP contribution < -0.4 is 0 Å². The Morgan fingerprint density at radius 1 is 1.50 bits per heavy atom. The van der Waals surface area contributed by atoms with E-state index in [4.69, 9.17) is 0 Å². The van der Waals surface area contributed by atoms with Gasteiger partial charge in [0, 0.05) is 12.6 Å². The molecule has 0 bridgehead atoms. The van der Waals surface area contributed by atoms with Crippen molar-refractivity contribution in [2.45, 2.75) is 25.8 Å². The molecule has 0 aromatic rings. The van der Waals surface area contributed by atoms with Gasteiger partial charge < -0.3 is 0 Å². The fraction of sp³-hybridized carbons (Fsp3) is 1.00. The molecule has 1 nitrogen and oxygen atoms in total. The molecule has 1 heteroatoms. The second-order valence-electron chi connectivity index (χ2n) is 2.99. The first-order valence-corrected chi connectivity index (χ1v) is 3.66. The molecular weight excluding hydrogens is 98.1 g/mol. The third-order valence-corrected chi connectivity index (χ3v) is 2.33. The molecule has 1 aliphatic heterocycles.